The Kier molecular flexibility index (Phi) is 2.87. The van der Waals surface area contributed by atoms with E-state index in [4.69, 9.17) is 10.2 Å². The van der Waals surface area contributed by atoms with Crippen molar-refractivity contribution < 1.29 is 4.42 Å². The zero-order valence-electron chi connectivity index (χ0n) is 8.45. The van der Waals surface area contributed by atoms with E-state index in [1.54, 1.807) is 0 Å². The van der Waals surface area contributed by atoms with Gasteiger partial charge >= 0.3 is 5.76 Å². The number of rotatable bonds is 4. The molecule has 0 radical (unpaired) electrons. The molecule has 4 heteroatoms. The number of nitrogens with one attached hydrogen (secondary N) is 1. The molecular weight excluding hydrogens is 192 g/mol. The first-order valence-electron chi connectivity index (χ1n) is 5.12. The Morgan fingerprint density at radius 2 is 2.20 bits per heavy atom. The summed E-state index contributed by atoms with van der Waals surface area (Å²) in [6, 6.07) is 5.74. The summed E-state index contributed by atoms with van der Waals surface area (Å²) in [7, 11) is 0. The highest BCUT2D eigenvalue weighted by Crippen LogP contribution is 2.17. The number of unbranched alkanes of at least 4 members (excludes halogenated alkanes) is 1. The zero-order valence-corrected chi connectivity index (χ0v) is 8.45. The van der Waals surface area contributed by atoms with Crippen molar-refractivity contribution in [1.82, 2.24) is 4.98 Å². The van der Waals surface area contributed by atoms with Crippen molar-refractivity contribution in [2.24, 2.45) is 5.73 Å². The summed E-state index contributed by atoms with van der Waals surface area (Å²) < 4.78 is 5.09. The topological polar surface area (TPSA) is 72.0 Å². The first kappa shape index (κ1) is 9.98. The van der Waals surface area contributed by atoms with Crippen LogP contribution in [0.15, 0.2) is 27.4 Å². The van der Waals surface area contributed by atoms with Gasteiger partial charge in [0, 0.05) is 0 Å². The number of oxazole rings is 1. The standard InChI is InChI=1S/C11H14N2O2/c12-7-2-1-4-8-5-3-6-9-10(8)15-11(14)13-9/h3,5-6H,1-2,4,7,12H2,(H,13,14). The van der Waals surface area contributed by atoms with Gasteiger partial charge in [-0.25, -0.2) is 4.79 Å². The monoisotopic (exact) mass is 206 g/mol. The van der Waals surface area contributed by atoms with Crippen LogP contribution in [0.4, 0.5) is 0 Å². The van der Waals surface area contributed by atoms with E-state index >= 15 is 0 Å². The molecule has 0 unspecified atom stereocenters. The minimum Gasteiger partial charge on any atom is -0.408 e. The van der Waals surface area contributed by atoms with Crippen molar-refractivity contribution >= 4 is 11.1 Å². The Labute approximate surface area is 87.1 Å². The van der Waals surface area contributed by atoms with Crippen LogP contribution in [0.3, 0.4) is 0 Å². The summed E-state index contributed by atoms with van der Waals surface area (Å²) in [5.74, 6) is -0.392. The largest absolute Gasteiger partial charge is 0.417 e. The molecule has 0 saturated heterocycles. The molecule has 0 aliphatic heterocycles. The smallest absolute Gasteiger partial charge is 0.408 e. The summed E-state index contributed by atoms with van der Waals surface area (Å²) >= 11 is 0. The van der Waals surface area contributed by atoms with E-state index in [-0.39, 0.29) is 0 Å². The van der Waals surface area contributed by atoms with Gasteiger partial charge in [0.15, 0.2) is 5.58 Å². The fourth-order valence-electron chi connectivity index (χ4n) is 1.69. The predicted octanol–water partition coefficient (Wildman–Crippen LogP) is 1.40. The summed E-state index contributed by atoms with van der Waals surface area (Å²) in [6.07, 6.45) is 2.91. The molecule has 0 atom stereocenters. The van der Waals surface area contributed by atoms with Crippen molar-refractivity contribution in [2.75, 3.05) is 6.54 Å². The van der Waals surface area contributed by atoms with Gasteiger partial charge in [0.25, 0.3) is 0 Å². The number of benzene rings is 1. The van der Waals surface area contributed by atoms with E-state index in [9.17, 15) is 4.79 Å². The third kappa shape index (κ3) is 2.10. The summed E-state index contributed by atoms with van der Waals surface area (Å²) in [5, 5.41) is 0. The summed E-state index contributed by atoms with van der Waals surface area (Å²) in [4.78, 5) is 13.7. The Morgan fingerprint density at radius 1 is 1.33 bits per heavy atom. The van der Waals surface area contributed by atoms with Crippen LogP contribution in [0.25, 0.3) is 11.1 Å². The molecule has 1 aromatic heterocycles. The molecular formula is C11H14N2O2. The molecule has 3 N–H and O–H groups in total. The van der Waals surface area contributed by atoms with Crippen molar-refractivity contribution in [3.05, 3.63) is 34.3 Å². The molecule has 1 aromatic carbocycles. The molecule has 0 aliphatic carbocycles. The second-order valence-electron chi connectivity index (χ2n) is 3.55. The minimum absolute atomic E-state index is 0.392. The van der Waals surface area contributed by atoms with Crippen molar-refractivity contribution in [3.63, 3.8) is 0 Å². The Morgan fingerprint density at radius 3 is 3.00 bits per heavy atom. The highest BCUT2D eigenvalue weighted by atomic mass is 16.4. The molecule has 0 bridgehead atoms. The quantitative estimate of drug-likeness (QED) is 0.743. The van der Waals surface area contributed by atoms with Crippen LogP contribution in [-0.4, -0.2) is 11.5 Å². The lowest BCUT2D eigenvalue weighted by atomic mass is 10.1. The van der Waals surface area contributed by atoms with Crippen LogP contribution in [0.2, 0.25) is 0 Å². The Bertz CT molecular complexity index is 499. The fraction of sp³-hybridized carbons (Fsp3) is 0.364. The summed E-state index contributed by atoms with van der Waals surface area (Å²) in [6.45, 7) is 0.701. The number of fused-ring (bicyclic) bond motifs is 1. The SMILES string of the molecule is NCCCCc1cccc2[nH]c(=O)oc12. The fourth-order valence-corrected chi connectivity index (χ4v) is 1.69. The molecule has 0 saturated carbocycles. The second kappa shape index (κ2) is 4.31. The van der Waals surface area contributed by atoms with E-state index in [0.29, 0.717) is 12.1 Å². The third-order valence-corrected chi connectivity index (χ3v) is 2.43. The van der Waals surface area contributed by atoms with Crippen LogP contribution in [0, 0.1) is 0 Å². The molecule has 0 fully saturated rings. The van der Waals surface area contributed by atoms with E-state index < -0.39 is 5.76 Å². The van der Waals surface area contributed by atoms with Gasteiger partial charge in [0.1, 0.15) is 0 Å². The van der Waals surface area contributed by atoms with Crippen LogP contribution >= 0.6 is 0 Å². The van der Waals surface area contributed by atoms with Crippen LogP contribution in [-0.2, 0) is 6.42 Å². The molecule has 0 amide bonds. The van der Waals surface area contributed by atoms with Gasteiger partial charge in [0.05, 0.1) is 5.52 Å². The zero-order chi connectivity index (χ0) is 10.7. The van der Waals surface area contributed by atoms with Crippen molar-refractivity contribution in [3.8, 4) is 0 Å². The van der Waals surface area contributed by atoms with E-state index in [0.717, 1.165) is 30.3 Å². The van der Waals surface area contributed by atoms with Gasteiger partial charge in [-0.15, -0.1) is 0 Å². The lowest BCUT2D eigenvalue weighted by Gasteiger charge is -2.00. The Balaban J connectivity index is 2.29. The molecule has 2 aromatic rings. The lowest BCUT2D eigenvalue weighted by molar-refractivity contribution is 0.550. The normalized spacial score (nSPS) is 11.0. The summed E-state index contributed by atoms with van der Waals surface area (Å²) in [5.41, 5.74) is 7.95. The van der Waals surface area contributed by atoms with Gasteiger partial charge in [-0.05, 0) is 37.4 Å². The van der Waals surface area contributed by atoms with Crippen LogP contribution < -0.4 is 11.5 Å². The average Bonchev–Trinajstić information content (AvgIpc) is 2.59. The van der Waals surface area contributed by atoms with Gasteiger partial charge < -0.3 is 10.2 Å². The molecule has 15 heavy (non-hydrogen) atoms. The maximum atomic E-state index is 11.0. The number of H-pyrrole nitrogens is 1. The predicted molar refractivity (Wildman–Crippen MR) is 58.8 cm³/mol. The highest BCUT2D eigenvalue weighted by molar-refractivity contribution is 5.75. The minimum atomic E-state index is -0.392. The molecule has 2 rings (SSSR count). The van der Waals surface area contributed by atoms with Crippen molar-refractivity contribution in [1.29, 1.82) is 0 Å². The van der Waals surface area contributed by atoms with E-state index in [1.807, 2.05) is 18.2 Å². The second-order valence-corrected chi connectivity index (χ2v) is 3.55. The maximum absolute atomic E-state index is 11.0. The molecule has 0 aliphatic rings. The van der Waals surface area contributed by atoms with E-state index in [1.165, 1.54) is 0 Å². The van der Waals surface area contributed by atoms with E-state index in [2.05, 4.69) is 4.98 Å². The average molecular weight is 206 g/mol. The molecule has 0 spiro atoms. The molecule has 1 heterocycles. The lowest BCUT2D eigenvalue weighted by Crippen LogP contribution is -1.99. The van der Waals surface area contributed by atoms with Crippen LogP contribution in [0.5, 0.6) is 0 Å². The first-order chi connectivity index (χ1) is 7.31. The Hall–Kier alpha value is -1.55. The van der Waals surface area contributed by atoms with Gasteiger partial charge in [-0.1, -0.05) is 12.1 Å². The first-order valence-corrected chi connectivity index (χ1v) is 5.12. The van der Waals surface area contributed by atoms with Gasteiger partial charge in [0.2, 0.25) is 0 Å². The van der Waals surface area contributed by atoms with Gasteiger partial charge in [-0.3, -0.25) is 4.98 Å². The number of aryl methyl sites for hydroxylation is 1. The number of aromatic nitrogens is 1. The molecule has 80 valence electrons. The number of para-hydroxylation sites is 1. The number of hydrogen-bond donors (Lipinski definition) is 2. The number of aromatic amines is 1. The van der Waals surface area contributed by atoms with Crippen molar-refractivity contribution in [2.45, 2.75) is 19.3 Å². The number of hydrogen-bond acceptors (Lipinski definition) is 3. The molecule has 4 nitrogen and oxygen atoms in total. The van der Waals surface area contributed by atoms with Gasteiger partial charge in [-0.2, -0.15) is 0 Å². The number of nitrogens with two attached hydrogens (primary N) is 1. The highest BCUT2D eigenvalue weighted by Gasteiger charge is 2.05. The maximum Gasteiger partial charge on any atom is 0.417 e. The third-order valence-electron chi connectivity index (χ3n) is 2.43. The van der Waals surface area contributed by atoms with Crippen LogP contribution in [0.1, 0.15) is 18.4 Å².